The highest BCUT2D eigenvalue weighted by atomic mass is 16.1. The molecule has 1 aromatic carbocycles. The summed E-state index contributed by atoms with van der Waals surface area (Å²) in [5.41, 5.74) is 1.11. The van der Waals surface area contributed by atoms with Gasteiger partial charge in [-0.05, 0) is 25.3 Å². The third-order valence-electron chi connectivity index (χ3n) is 2.95. The molecule has 0 fully saturated rings. The van der Waals surface area contributed by atoms with Crippen molar-refractivity contribution in [1.29, 1.82) is 0 Å². The van der Waals surface area contributed by atoms with Crippen LogP contribution in [-0.2, 0) is 11.2 Å². The molecule has 0 aliphatic heterocycles. The fourth-order valence-corrected chi connectivity index (χ4v) is 2.03. The molecular formula is C16H25NO. The van der Waals surface area contributed by atoms with Gasteiger partial charge in [0.05, 0.1) is 6.54 Å². The van der Waals surface area contributed by atoms with E-state index >= 15 is 0 Å². The van der Waals surface area contributed by atoms with Gasteiger partial charge in [-0.25, -0.2) is 0 Å². The second-order valence-corrected chi connectivity index (χ2v) is 5.62. The Bertz CT molecular complexity index is 357. The molecule has 2 heteroatoms. The minimum Gasteiger partial charge on any atom is -0.298 e. The average molecular weight is 247 g/mol. The number of ketones is 1. The molecule has 0 aromatic heterocycles. The number of carbonyl (C=O) groups excluding carboxylic acids is 1. The van der Waals surface area contributed by atoms with Gasteiger partial charge in [0, 0.05) is 19.0 Å². The van der Waals surface area contributed by atoms with Gasteiger partial charge in [-0.3, -0.25) is 9.69 Å². The molecule has 0 atom stereocenters. The quantitative estimate of drug-likeness (QED) is 0.737. The van der Waals surface area contributed by atoms with Crippen molar-refractivity contribution in [1.82, 2.24) is 4.90 Å². The first-order valence-electron chi connectivity index (χ1n) is 6.78. The molecule has 0 N–H and O–H groups in total. The Kier molecular flexibility index (Phi) is 6.06. The summed E-state index contributed by atoms with van der Waals surface area (Å²) in [6, 6.07) is 10.4. The van der Waals surface area contributed by atoms with Crippen LogP contribution in [0.1, 0.15) is 33.3 Å². The van der Waals surface area contributed by atoms with Crippen LogP contribution in [0.15, 0.2) is 30.3 Å². The largest absolute Gasteiger partial charge is 0.298 e. The minimum absolute atomic E-state index is 0.301. The summed E-state index contributed by atoms with van der Waals surface area (Å²) in [6.07, 6.45) is 0.544. The molecule has 0 spiro atoms. The number of hydrogen-bond donors (Lipinski definition) is 0. The van der Waals surface area contributed by atoms with Gasteiger partial charge in [0.15, 0.2) is 5.78 Å². The van der Waals surface area contributed by atoms with E-state index in [1.807, 2.05) is 30.3 Å². The molecule has 0 radical (unpaired) electrons. The first kappa shape index (κ1) is 14.9. The van der Waals surface area contributed by atoms with Crippen molar-refractivity contribution in [3.63, 3.8) is 0 Å². The maximum atomic E-state index is 12.1. The Morgan fingerprint density at radius 1 is 1.11 bits per heavy atom. The number of hydrogen-bond acceptors (Lipinski definition) is 2. The van der Waals surface area contributed by atoms with Crippen LogP contribution in [0.5, 0.6) is 0 Å². The van der Waals surface area contributed by atoms with Crippen molar-refractivity contribution in [2.24, 2.45) is 5.92 Å². The molecule has 100 valence electrons. The number of benzene rings is 1. The van der Waals surface area contributed by atoms with Crippen LogP contribution >= 0.6 is 0 Å². The van der Waals surface area contributed by atoms with E-state index in [9.17, 15) is 4.79 Å². The third-order valence-corrected chi connectivity index (χ3v) is 2.95. The highest BCUT2D eigenvalue weighted by Gasteiger charge is 2.15. The lowest BCUT2D eigenvalue weighted by atomic mass is 10.1. The van der Waals surface area contributed by atoms with E-state index < -0.39 is 0 Å². The molecule has 0 amide bonds. The summed E-state index contributed by atoms with van der Waals surface area (Å²) in [7, 11) is 0. The fraction of sp³-hybridized carbons (Fsp3) is 0.562. The predicted molar refractivity (Wildman–Crippen MR) is 76.7 cm³/mol. The van der Waals surface area contributed by atoms with Crippen LogP contribution in [0.4, 0.5) is 0 Å². The van der Waals surface area contributed by atoms with Gasteiger partial charge in [-0.2, -0.15) is 0 Å². The molecular weight excluding hydrogens is 222 g/mol. The third kappa shape index (κ3) is 5.46. The number of carbonyl (C=O) groups is 1. The summed E-state index contributed by atoms with van der Waals surface area (Å²) >= 11 is 0. The second kappa shape index (κ2) is 7.32. The van der Waals surface area contributed by atoms with Crippen LogP contribution in [0.2, 0.25) is 0 Å². The Balaban J connectivity index is 2.51. The van der Waals surface area contributed by atoms with E-state index in [1.54, 1.807) is 0 Å². The van der Waals surface area contributed by atoms with Crippen LogP contribution < -0.4 is 0 Å². The first-order chi connectivity index (χ1) is 8.49. The molecule has 0 bridgehead atoms. The van der Waals surface area contributed by atoms with Gasteiger partial charge in [0.2, 0.25) is 0 Å². The highest BCUT2D eigenvalue weighted by Crippen LogP contribution is 2.06. The second-order valence-electron chi connectivity index (χ2n) is 5.62. The predicted octanol–water partition coefficient (Wildman–Crippen LogP) is 3.16. The molecule has 0 saturated carbocycles. The molecule has 0 aliphatic carbocycles. The van der Waals surface area contributed by atoms with Gasteiger partial charge >= 0.3 is 0 Å². The van der Waals surface area contributed by atoms with Crippen molar-refractivity contribution in [3.05, 3.63) is 35.9 Å². The zero-order chi connectivity index (χ0) is 13.5. The van der Waals surface area contributed by atoms with Gasteiger partial charge < -0.3 is 0 Å². The van der Waals surface area contributed by atoms with Crippen molar-refractivity contribution >= 4 is 5.78 Å². The standard InChI is InChI=1S/C16H25NO/c1-13(2)11-17(14(3)4)12-16(18)10-15-8-6-5-7-9-15/h5-9,13-14H,10-12H2,1-4H3. The first-order valence-corrected chi connectivity index (χ1v) is 6.78. The molecule has 2 nitrogen and oxygen atoms in total. The molecule has 0 saturated heterocycles. The fourth-order valence-electron chi connectivity index (χ4n) is 2.03. The highest BCUT2D eigenvalue weighted by molar-refractivity contribution is 5.82. The molecule has 0 aliphatic rings. The van der Waals surface area contributed by atoms with E-state index in [2.05, 4.69) is 32.6 Å². The van der Waals surface area contributed by atoms with Crippen LogP contribution in [-0.4, -0.2) is 29.8 Å². The van der Waals surface area contributed by atoms with Gasteiger partial charge in [-0.15, -0.1) is 0 Å². The topological polar surface area (TPSA) is 20.3 Å². The van der Waals surface area contributed by atoms with Crippen molar-refractivity contribution < 1.29 is 4.79 Å². The van der Waals surface area contributed by atoms with Gasteiger partial charge in [-0.1, -0.05) is 44.2 Å². The molecule has 0 heterocycles. The van der Waals surface area contributed by atoms with E-state index in [0.29, 0.717) is 30.7 Å². The van der Waals surface area contributed by atoms with Crippen molar-refractivity contribution in [2.75, 3.05) is 13.1 Å². The van der Waals surface area contributed by atoms with Crippen molar-refractivity contribution in [2.45, 2.75) is 40.2 Å². The summed E-state index contributed by atoms with van der Waals surface area (Å²) in [5.74, 6) is 0.896. The van der Waals surface area contributed by atoms with Crippen LogP contribution in [0, 0.1) is 5.92 Å². The Morgan fingerprint density at radius 3 is 2.22 bits per heavy atom. The molecule has 18 heavy (non-hydrogen) atoms. The average Bonchev–Trinajstić information content (AvgIpc) is 2.28. The molecule has 1 aromatic rings. The number of nitrogens with zero attached hydrogens (tertiary/aromatic N) is 1. The summed E-state index contributed by atoms with van der Waals surface area (Å²) < 4.78 is 0. The Morgan fingerprint density at radius 2 is 1.72 bits per heavy atom. The molecule has 1 rings (SSSR count). The summed E-state index contributed by atoms with van der Waals surface area (Å²) in [6.45, 7) is 10.2. The van der Waals surface area contributed by atoms with E-state index in [-0.39, 0.29) is 0 Å². The lowest BCUT2D eigenvalue weighted by Crippen LogP contribution is -2.38. The van der Waals surface area contributed by atoms with E-state index in [1.165, 1.54) is 0 Å². The number of Topliss-reactive ketones (excluding diaryl/α,β-unsaturated/α-hetero) is 1. The lowest BCUT2D eigenvalue weighted by molar-refractivity contribution is -0.120. The van der Waals surface area contributed by atoms with Crippen LogP contribution in [0.25, 0.3) is 0 Å². The smallest absolute Gasteiger partial charge is 0.151 e. The summed E-state index contributed by atoms with van der Waals surface area (Å²) in [4.78, 5) is 14.3. The van der Waals surface area contributed by atoms with E-state index in [0.717, 1.165) is 12.1 Å². The zero-order valence-corrected chi connectivity index (χ0v) is 12.0. The SMILES string of the molecule is CC(C)CN(CC(=O)Cc1ccccc1)C(C)C. The Hall–Kier alpha value is -1.15. The normalized spacial score (nSPS) is 11.5. The lowest BCUT2D eigenvalue weighted by Gasteiger charge is -2.27. The van der Waals surface area contributed by atoms with E-state index in [4.69, 9.17) is 0 Å². The van der Waals surface area contributed by atoms with Crippen LogP contribution in [0.3, 0.4) is 0 Å². The minimum atomic E-state index is 0.301. The Labute approximate surface area is 111 Å². The molecule has 0 unspecified atom stereocenters. The maximum absolute atomic E-state index is 12.1. The monoisotopic (exact) mass is 247 g/mol. The zero-order valence-electron chi connectivity index (χ0n) is 12.0. The number of rotatable bonds is 7. The van der Waals surface area contributed by atoms with Gasteiger partial charge in [0.25, 0.3) is 0 Å². The maximum Gasteiger partial charge on any atom is 0.151 e. The summed E-state index contributed by atoms with van der Waals surface area (Å²) in [5, 5.41) is 0. The van der Waals surface area contributed by atoms with Gasteiger partial charge in [0.1, 0.15) is 0 Å². The van der Waals surface area contributed by atoms with Crippen molar-refractivity contribution in [3.8, 4) is 0 Å².